The summed E-state index contributed by atoms with van der Waals surface area (Å²) in [4.78, 5) is 74.2. The van der Waals surface area contributed by atoms with Crippen molar-refractivity contribution in [2.75, 3.05) is 88.4 Å². The number of likely N-dealkylation sites (tertiary alicyclic amines) is 1. The van der Waals surface area contributed by atoms with Gasteiger partial charge in [-0.2, -0.15) is 0 Å². The summed E-state index contributed by atoms with van der Waals surface area (Å²) in [6.07, 6.45) is 6.34. The van der Waals surface area contributed by atoms with Crippen LogP contribution in [0.15, 0.2) is 202 Å². The molecule has 0 radical (unpaired) electrons. The number of hydrogen-bond acceptors (Lipinski definition) is 14. The molecule has 17 nitrogen and oxygen atoms in total. The van der Waals surface area contributed by atoms with Crippen LogP contribution in [0.5, 0.6) is 0 Å². The first kappa shape index (κ1) is 61.6. The molecule has 3 aromatic heterocycles. The minimum absolute atomic E-state index is 0. The molecule has 0 saturated carbocycles. The molecule has 3 saturated heterocycles. The van der Waals surface area contributed by atoms with Crippen molar-refractivity contribution in [2.24, 2.45) is 0 Å². The van der Waals surface area contributed by atoms with E-state index in [1.54, 1.807) is 39.4 Å². The summed E-state index contributed by atoms with van der Waals surface area (Å²) in [6.45, 7) is 28.2. The van der Waals surface area contributed by atoms with E-state index in [9.17, 15) is 14.4 Å². The number of carbonyl (C=O) groups excluding carboxylic acids is 3. The molecule has 3 fully saturated rings. The molecule has 4 N–H and O–H groups in total. The average Bonchev–Trinajstić information content (AvgIpc) is 0.858. The molecule has 0 bridgehead atoms. The number of para-hydroxylation sites is 3. The number of anilines is 3. The molecule has 89 heavy (non-hydrogen) atoms. The van der Waals surface area contributed by atoms with Gasteiger partial charge in [-0.15, -0.1) is 0 Å². The number of hydrogen-bond donors (Lipinski definition) is 4. The van der Waals surface area contributed by atoms with Crippen LogP contribution in [-0.4, -0.2) is 140 Å². The number of piperazine rings is 2. The van der Waals surface area contributed by atoms with Crippen molar-refractivity contribution in [1.82, 2.24) is 54.8 Å². The summed E-state index contributed by atoms with van der Waals surface area (Å²) in [5.74, 6) is -0.796. The Bertz CT molecular complexity index is 3970. The summed E-state index contributed by atoms with van der Waals surface area (Å²) >= 11 is 0. The van der Waals surface area contributed by atoms with E-state index in [0.717, 1.165) is 133 Å². The zero-order valence-electron chi connectivity index (χ0n) is 50.9. The van der Waals surface area contributed by atoms with Crippen LogP contribution in [0.2, 0.25) is 0 Å². The fraction of sp³-hybridized carbons (Fsp3) is 0.208. The third-order valence-electron chi connectivity index (χ3n) is 15.8. The second-order valence-electron chi connectivity index (χ2n) is 22.0. The fourth-order valence-electron chi connectivity index (χ4n) is 10.2. The summed E-state index contributed by atoms with van der Waals surface area (Å²) in [5.41, 5.74) is 16.1. The Labute approximate surface area is 530 Å². The average molecular weight is 1200 g/mol. The lowest BCUT2D eigenvalue weighted by Gasteiger charge is -2.35. The maximum absolute atomic E-state index is 12.7. The largest absolute Gasteiger partial charge is 0.371 e. The van der Waals surface area contributed by atoms with Gasteiger partial charge in [-0.3, -0.25) is 29.3 Å². The molecule has 17 heteroatoms. The zero-order valence-corrected chi connectivity index (χ0v) is 50.9. The van der Waals surface area contributed by atoms with Gasteiger partial charge in [0.25, 0.3) is 17.7 Å². The molecule has 3 amide bonds. The van der Waals surface area contributed by atoms with Crippen molar-refractivity contribution < 1.29 is 22.9 Å². The Morgan fingerprint density at radius 3 is 0.989 bits per heavy atom. The molecule has 0 aliphatic carbocycles. The summed E-state index contributed by atoms with van der Waals surface area (Å²) < 4.78 is 0. The summed E-state index contributed by atoms with van der Waals surface area (Å²) in [7, 11) is 2.14. The van der Waals surface area contributed by atoms with E-state index in [0.29, 0.717) is 51.2 Å². The highest BCUT2D eigenvalue weighted by molar-refractivity contribution is 6.05. The molecule has 6 heterocycles. The number of rotatable bonds is 15. The van der Waals surface area contributed by atoms with E-state index in [4.69, 9.17) is 0 Å². The predicted octanol–water partition coefficient (Wildman–Crippen LogP) is 13.4. The molecule has 0 atom stereocenters. The van der Waals surface area contributed by atoms with Crippen LogP contribution in [0, 0.1) is 20.8 Å². The van der Waals surface area contributed by atoms with Gasteiger partial charge in [-0.1, -0.05) is 147 Å². The number of amides is 3. The maximum atomic E-state index is 12.7. The lowest BCUT2D eigenvalue weighted by molar-refractivity contribution is 0.101. The lowest BCUT2D eigenvalue weighted by Crippen LogP contribution is -2.43. The first-order chi connectivity index (χ1) is 43.2. The van der Waals surface area contributed by atoms with E-state index < -0.39 is 0 Å². The monoisotopic (exact) mass is 1190 g/mol. The van der Waals surface area contributed by atoms with Gasteiger partial charge in [-0.25, -0.2) is 15.0 Å². The maximum Gasteiger partial charge on any atom is 0.276 e. The van der Waals surface area contributed by atoms with E-state index in [1.807, 2.05) is 152 Å². The van der Waals surface area contributed by atoms with Crippen molar-refractivity contribution in [3.05, 3.63) is 253 Å². The smallest absolute Gasteiger partial charge is 0.276 e. The number of benzene rings is 6. The molecule has 462 valence electrons. The predicted molar refractivity (Wildman–Crippen MR) is 369 cm³/mol. The van der Waals surface area contributed by atoms with Crippen molar-refractivity contribution >= 4 is 51.9 Å². The number of aryl methyl sites for hydroxylation is 3. The highest BCUT2D eigenvalue weighted by Crippen LogP contribution is 2.28. The van der Waals surface area contributed by atoms with Gasteiger partial charge >= 0.3 is 0 Å². The second kappa shape index (κ2) is 29.3. The van der Waals surface area contributed by atoms with Gasteiger partial charge in [0.05, 0.1) is 52.8 Å². The third-order valence-corrected chi connectivity index (χ3v) is 15.8. The van der Waals surface area contributed by atoms with Gasteiger partial charge in [0.2, 0.25) is 0 Å². The van der Waals surface area contributed by atoms with E-state index in [2.05, 4.69) is 110 Å². The molecular weight excluding hydrogens is 1110 g/mol. The Morgan fingerprint density at radius 1 is 0.404 bits per heavy atom. The number of aromatic nitrogens is 6. The van der Waals surface area contributed by atoms with E-state index >= 15 is 0 Å². The summed E-state index contributed by atoms with van der Waals surface area (Å²) in [6, 6.07) is 52.3. The van der Waals surface area contributed by atoms with E-state index in [1.165, 1.54) is 6.42 Å². The van der Waals surface area contributed by atoms with Crippen molar-refractivity contribution in [2.45, 2.75) is 27.2 Å². The first-order valence-electron chi connectivity index (χ1n) is 29.9. The van der Waals surface area contributed by atoms with Gasteiger partial charge in [0.1, 0.15) is 17.1 Å². The Kier molecular flexibility index (Phi) is 20.3. The van der Waals surface area contributed by atoms with Crippen LogP contribution in [-0.2, 0) is 0 Å². The van der Waals surface area contributed by atoms with E-state index in [-0.39, 0.29) is 26.3 Å². The first-order valence-corrected chi connectivity index (χ1v) is 29.9. The Morgan fingerprint density at radius 2 is 0.697 bits per heavy atom. The number of likely N-dealkylation sites (N-methyl/N-ethyl adjacent to an activating group) is 1. The second-order valence-corrected chi connectivity index (χ2v) is 22.0. The van der Waals surface area contributed by atoms with Crippen LogP contribution in [0.1, 0.15) is 80.2 Å². The molecule has 6 aromatic carbocycles. The summed E-state index contributed by atoms with van der Waals surface area (Å²) in [5, 5.41) is 12.0. The Balaban J connectivity index is 0.000000294. The van der Waals surface area contributed by atoms with Gasteiger partial charge in [-0.05, 0) is 87.3 Å². The van der Waals surface area contributed by atoms with Crippen LogP contribution in [0.3, 0.4) is 0 Å². The van der Waals surface area contributed by atoms with Crippen molar-refractivity contribution in [3.8, 4) is 33.8 Å². The quantitative estimate of drug-likeness (QED) is 0.0758. The lowest BCUT2D eigenvalue weighted by atomic mass is 10.0. The SMILES string of the molecule is C=C(c1ccc(-c2cnc(C)c(C(=O)Nc3ccccc3)n2)cc1)N1CCC1.C=C(c1ccc(-c2cnc(C)c(C(=O)Nc3ccccc3)n2)cc1)N1CCN(C)CC1.C=C(c1ccc(-c2cnc(C)c(C(=O)Nc3ccccc3)n2)cc1)N1CCNCC1.[HH].[HH].[HH].[HH].[HH].[HH]. The standard InChI is InChI=1S/C25H27N5O.C24H25N5O.C23H22N4O.6H2/c1-18-24(25(31)27-22-7-5-4-6-8-22)28-23(17-26-18)21-11-9-20(10-12-21)19(2)30-15-13-29(3)14-16-30;1-17-23(24(30)27-21-6-4-3-5-7-21)28-22(16-26-17)20-10-8-19(9-11-20)18(2)29-14-12-25-13-15-29;1-16-22(23(28)25-20-7-4-3-5-8-20)26-21(15-24-16)19-11-9-18(10-12-19)17(2)27-13-6-14-27;;;;;;/h4-12,17H,2,13-16H2,1,3H3,(H,27,31);3-11,16,25H,2,12-15H2,1H3,(H,27,30);3-5,7-12,15H,2,6,13-14H2,1H3,(H,25,28);6*1H. The number of nitrogens with zero attached hydrogens (tertiary/aromatic N) is 10. The minimum Gasteiger partial charge on any atom is -0.371 e. The topological polar surface area (TPSA) is 190 Å². The molecule has 9 aromatic rings. The molecule has 0 spiro atoms. The van der Waals surface area contributed by atoms with Crippen LogP contribution in [0.25, 0.3) is 50.9 Å². The molecule has 3 aliphatic heterocycles. The molecule has 0 unspecified atom stereocenters. The highest BCUT2D eigenvalue weighted by atomic mass is 16.2. The third kappa shape index (κ3) is 15.9. The highest BCUT2D eigenvalue weighted by Gasteiger charge is 2.21. The fourth-order valence-corrected chi connectivity index (χ4v) is 10.2. The van der Waals surface area contributed by atoms with Crippen LogP contribution < -0.4 is 21.3 Å². The van der Waals surface area contributed by atoms with Crippen LogP contribution in [0.4, 0.5) is 17.1 Å². The Hall–Kier alpha value is -10.5. The van der Waals surface area contributed by atoms with Gasteiger partial charge in [0, 0.05) is 125 Å². The molecular formula is C72H86N14O3. The van der Waals surface area contributed by atoms with Crippen molar-refractivity contribution in [3.63, 3.8) is 0 Å². The minimum atomic E-state index is -0.267. The normalized spacial score (nSPS) is 13.7. The van der Waals surface area contributed by atoms with Gasteiger partial charge in [0.15, 0.2) is 0 Å². The van der Waals surface area contributed by atoms with Gasteiger partial charge < -0.3 is 40.9 Å². The van der Waals surface area contributed by atoms with Crippen molar-refractivity contribution in [1.29, 1.82) is 0 Å². The zero-order chi connectivity index (χ0) is 62.2. The number of carbonyl (C=O) groups is 3. The van der Waals surface area contributed by atoms with Crippen LogP contribution >= 0.6 is 0 Å². The number of nitrogens with one attached hydrogen (secondary N) is 4. The molecule has 3 aliphatic rings. The molecule has 12 rings (SSSR count).